The second kappa shape index (κ2) is 7.00. The van der Waals surface area contributed by atoms with E-state index in [1.807, 2.05) is 0 Å². The van der Waals surface area contributed by atoms with Crippen LogP contribution in [0, 0.1) is 0 Å². The van der Waals surface area contributed by atoms with Crippen molar-refractivity contribution >= 4 is 11.6 Å². The Hall–Kier alpha value is -1.76. The Morgan fingerprint density at radius 2 is 1.77 bits per heavy atom. The van der Waals surface area contributed by atoms with Gasteiger partial charge in [-0.3, -0.25) is 9.69 Å². The van der Waals surface area contributed by atoms with Crippen molar-refractivity contribution in [2.24, 2.45) is 5.73 Å². The van der Waals surface area contributed by atoms with Crippen LogP contribution in [0.3, 0.4) is 0 Å². The molecule has 0 bridgehead atoms. The molecule has 1 aliphatic heterocycles. The normalized spacial score (nSPS) is 16.8. The third kappa shape index (κ3) is 4.37. The molecular formula is C15H20F3N3O. The van der Waals surface area contributed by atoms with Gasteiger partial charge in [0.25, 0.3) is 0 Å². The van der Waals surface area contributed by atoms with Crippen LogP contribution < -0.4 is 10.6 Å². The maximum atomic E-state index is 13.0. The fourth-order valence-electron chi connectivity index (χ4n) is 2.68. The molecule has 1 saturated heterocycles. The standard InChI is InChI=1S/C15H20F3N3O/c16-15(17,18)12-4-1-2-5-13(12)21-10-8-20(9-11-21)7-3-6-14(19)22/h1-2,4-5H,3,6-11H2,(H2,19,22). The maximum absolute atomic E-state index is 13.0. The third-order valence-corrected chi connectivity index (χ3v) is 3.82. The first-order valence-electron chi connectivity index (χ1n) is 7.30. The molecule has 1 aromatic rings. The van der Waals surface area contributed by atoms with Crippen molar-refractivity contribution in [3.63, 3.8) is 0 Å². The van der Waals surface area contributed by atoms with Gasteiger partial charge in [0.05, 0.1) is 5.56 Å². The van der Waals surface area contributed by atoms with E-state index in [1.54, 1.807) is 11.0 Å². The minimum atomic E-state index is -4.34. The number of primary amides is 1. The largest absolute Gasteiger partial charge is 0.418 e. The zero-order chi connectivity index (χ0) is 16.2. The summed E-state index contributed by atoms with van der Waals surface area (Å²) in [6.07, 6.45) is -3.30. The Kier molecular flexibility index (Phi) is 5.28. The Balaban J connectivity index is 1.93. The number of nitrogens with two attached hydrogens (primary N) is 1. The molecule has 1 aromatic carbocycles. The number of benzene rings is 1. The average molecular weight is 315 g/mol. The summed E-state index contributed by atoms with van der Waals surface area (Å²) in [4.78, 5) is 14.6. The Bertz CT molecular complexity index is 511. The number of para-hydroxylation sites is 1. The molecule has 0 aromatic heterocycles. The number of anilines is 1. The predicted octanol–water partition coefficient (Wildman–Crippen LogP) is 2.09. The number of hydrogen-bond acceptors (Lipinski definition) is 3. The number of piperazine rings is 1. The summed E-state index contributed by atoms with van der Waals surface area (Å²) in [6.45, 7) is 3.21. The summed E-state index contributed by atoms with van der Waals surface area (Å²) < 4.78 is 39.1. The van der Waals surface area contributed by atoms with Crippen molar-refractivity contribution in [2.45, 2.75) is 19.0 Å². The maximum Gasteiger partial charge on any atom is 0.418 e. The highest BCUT2D eigenvalue weighted by Crippen LogP contribution is 2.36. The lowest BCUT2D eigenvalue weighted by Crippen LogP contribution is -2.47. The minimum absolute atomic E-state index is 0.242. The number of rotatable bonds is 5. The Morgan fingerprint density at radius 3 is 2.36 bits per heavy atom. The molecule has 1 heterocycles. The molecule has 122 valence electrons. The number of hydrogen-bond donors (Lipinski definition) is 1. The molecule has 1 aliphatic rings. The Morgan fingerprint density at radius 1 is 1.14 bits per heavy atom. The summed E-state index contributed by atoms with van der Waals surface area (Å²) in [5.41, 5.74) is 4.75. The molecule has 1 fully saturated rings. The number of nitrogens with zero attached hydrogens (tertiary/aromatic N) is 2. The quantitative estimate of drug-likeness (QED) is 0.905. The van der Waals surface area contributed by atoms with Crippen molar-refractivity contribution in [1.82, 2.24) is 4.90 Å². The van der Waals surface area contributed by atoms with Gasteiger partial charge in [-0.25, -0.2) is 0 Å². The monoisotopic (exact) mass is 315 g/mol. The van der Waals surface area contributed by atoms with E-state index in [1.165, 1.54) is 12.1 Å². The van der Waals surface area contributed by atoms with Crippen LogP contribution in [0.15, 0.2) is 24.3 Å². The van der Waals surface area contributed by atoms with E-state index in [0.717, 1.165) is 12.6 Å². The number of alkyl halides is 3. The van der Waals surface area contributed by atoms with Crippen LogP contribution in [0.5, 0.6) is 0 Å². The summed E-state index contributed by atoms with van der Waals surface area (Å²) in [5.74, 6) is -0.322. The summed E-state index contributed by atoms with van der Waals surface area (Å²) in [5, 5.41) is 0. The van der Waals surface area contributed by atoms with E-state index >= 15 is 0 Å². The van der Waals surface area contributed by atoms with Gasteiger partial charge in [-0.05, 0) is 25.1 Å². The third-order valence-electron chi connectivity index (χ3n) is 3.82. The highest BCUT2D eigenvalue weighted by molar-refractivity contribution is 5.73. The van der Waals surface area contributed by atoms with Gasteiger partial charge in [-0.15, -0.1) is 0 Å². The molecule has 4 nitrogen and oxygen atoms in total. The van der Waals surface area contributed by atoms with E-state index in [0.29, 0.717) is 39.0 Å². The average Bonchev–Trinajstić information content (AvgIpc) is 2.47. The van der Waals surface area contributed by atoms with Crippen LogP contribution in [0.4, 0.5) is 18.9 Å². The van der Waals surface area contributed by atoms with Gasteiger partial charge in [0.15, 0.2) is 0 Å². The van der Waals surface area contributed by atoms with Gasteiger partial charge < -0.3 is 10.6 Å². The van der Waals surface area contributed by atoms with Crippen molar-refractivity contribution in [2.75, 3.05) is 37.6 Å². The second-order valence-corrected chi connectivity index (χ2v) is 5.41. The molecule has 22 heavy (non-hydrogen) atoms. The number of amides is 1. The van der Waals surface area contributed by atoms with Crippen LogP contribution in [-0.4, -0.2) is 43.5 Å². The van der Waals surface area contributed by atoms with Gasteiger partial charge in [0.1, 0.15) is 0 Å². The molecule has 2 rings (SSSR count). The van der Waals surface area contributed by atoms with E-state index in [-0.39, 0.29) is 11.6 Å². The molecule has 0 atom stereocenters. The highest BCUT2D eigenvalue weighted by atomic mass is 19.4. The number of carbonyl (C=O) groups is 1. The first-order valence-corrected chi connectivity index (χ1v) is 7.30. The summed E-state index contributed by atoms with van der Waals surface area (Å²) >= 11 is 0. The SMILES string of the molecule is NC(=O)CCCN1CCN(c2ccccc2C(F)(F)F)CC1. The molecule has 1 amide bonds. The molecule has 0 unspecified atom stereocenters. The van der Waals surface area contributed by atoms with Gasteiger partial charge in [-0.2, -0.15) is 13.2 Å². The second-order valence-electron chi connectivity index (χ2n) is 5.41. The Labute approximate surface area is 127 Å². The van der Waals surface area contributed by atoms with Crippen LogP contribution in [-0.2, 0) is 11.0 Å². The van der Waals surface area contributed by atoms with Crippen LogP contribution >= 0.6 is 0 Å². The minimum Gasteiger partial charge on any atom is -0.370 e. The molecule has 0 aliphatic carbocycles. The van der Waals surface area contributed by atoms with Gasteiger partial charge in [0, 0.05) is 38.3 Å². The summed E-state index contributed by atoms with van der Waals surface area (Å²) in [6, 6.07) is 5.68. The topological polar surface area (TPSA) is 49.6 Å². The fourth-order valence-corrected chi connectivity index (χ4v) is 2.68. The van der Waals surface area contributed by atoms with E-state index in [9.17, 15) is 18.0 Å². The predicted molar refractivity (Wildman–Crippen MR) is 78.5 cm³/mol. The fraction of sp³-hybridized carbons (Fsp3) is 0.533. The zero-order valence-electron chi connectivity index (χ0n) is 12.3. The molecule has 2 N–H and O–H groups in total. The van der Waals surface area contributed by atoms with Crippen molar-refractivity contribution in [1.29, 1.82) is 0 Å². The lowest BCUT2D eigenvalue weighted by molar-refractivity contribution is -0.137. The van der Waals surface area contributed by atoms with Gasteiger partial charge in [-0.1, -0.05) is 12.1 Å². The van der Waals surface area contributed by atoms with Crippen molar-refractivity contribution < 1.29 is 18.0 Å². The lowest BCUT2D eigenvalue weighted by atomic mass is 10.1. The van der Waals surface area contributed by atoms with Crippen molar-refractivity contribution in [3.05, 3.63) is 29.8 Å². The van der Waals surface area contributed by atoms with Crippen LogP contribution in [0.2, 0.25) is 0 Å². The van der Waals surface area contributed by atoms with E-state index < -0.39 is 11.7 Å². The number of halogens is 3. The molecule has 0 radical (unpaired) electrons. The number of carbonyl (C=O) groups excluding carboxylic acids is 1. The van der Waals surface area contributed by atoms with Gasteiger partial charge >= 0.3 is 6.18 Å². The zero-order valence-corrected chi connectivity index (χ0v) is 12.3. The van der Waals surface area contributed by atoms with Crippen LogP contribution in [0.1, 0.15) is 18.4 Å². The first kappa shape index (κ1) is 16.6. The highest BCUT2D eigenvalue weighted by Gasteiger charge is 2.35. The summed E-state index contributed by atoms with van der Waals surface area (Å²) in [7, 11) is 0. The van der Waals surface area contributed by atoms with Crippen LogP contribution in [0.25, 0.3) is 0 Å². The van der Waals surface area contributed by atoms with Crippen molar-refractivity contribution in [3.8, 4) is 0 Å². The van der Waals surface area contributed by atoms with Gasteiger partial charge in [0.2, 0.25) is 5.91 Å². The lowest BCUT2D eigenvalue weighted by Gasteiger charge is -2.37. The smallest absolute Gasteiger partial charge is 0.370 e. The van der Waals surface area contributed by atoms with E-state index in [4.69, 9.17) is 5.73 Å². The molecule has 7 heteroatoms. The first-order chi connectivity index (χ1) is 10.4. The molecule has 0 saturated carbocycles. The van der Waals surface area contributed by atoms with E-state index in [2.05, 4.69) is 4.90 Å². The molecular weight excluding hydrogens is 295 g/mol. The molecule has 0 spiro atoms.